The number of nitrogens with one attached hydrogen (secondary N) is 1. The van der Waals surface area contributed by atoms with E-state index in [9.17, 15) is 9.59 Å². The van der Waals surface area contributed by atoms with Gasteiger partial charge in [0.2, 0.25) is 0 Å². The van der Waals surface area contributed by atoms with Crippen molar-refractivity contribution in [1.82, 2.24) is 24.3 Å². The number of carbonyl (C=O) groups is 2. The largest absolute Gasteiger partial charge is 0.444 e. The number of para-hydroxylation sites is 1. The second-order valence-corrected chi connectivity index (χ2v) is 11.1. The molecule has 2 aromatic heterocycles. The first kappa shape index (κ1) is 26.7. The second kappa shape index (κ2) is 10.4. The highest BCUT2D eigenvalue weighted by atomic mass is 16.6. The van der Waals surface area contributed by atoms with Gasteiger partial charge in [-0.05, 0) is 64.4 Å². The first-order valence-electron chi connectivity index (χ1n) is 13.5. The highest BCUT2D eigenvalue weighted by molar-refractivity contribution is 5.98. The predicted octanol–water partition coefficient (Wildman–Crippen LogP) is 4.97. The van der Waals surface area contributed by atoms with Crippen molar-refractivity contribution in [3.8, 4) is 11.5 Å². The summed E-state index contributed by atoms with van der Waals surface area (Å²) in [6, 6.07) is 15.8. The third-order valence-corrected chi connectivity index (χ3v) is 7.33. The number of carbonyl (C=O) groups excluding carboxylic acids is 2. The zero-order valence-corrected chi connectivity index (χ0v) is 23.5. The predicted molar refractivity (Wildman–Crippen MR) is 152 cm³/mol. The van der Waals surface area contributed by atoms with E-state index in [0.29, 0.717) is 25.1 Å². The number of imidazole rings is 1. The average Bonchev–Trinajstić information content (AvgIpc) is 3.43. The van der Waals surface area contributed by atoms with Crippen LogP contribution in [0.2, 0.25) is 0 Å². The first-order chi connectivity index (χ1) is 18.6. The SMILES string of the molecule is CCn1c(-c2nc3cc(C(=O)N4CC[C@H](OC)[C@H](NC(=O)OC(C)(C)C)C4)ccc3n2C)cc2ccccc21. The van der Waals surface area contributed by atoms with E-state index in [4.69, 9.17) is 14.5 Å². The van der Waals surface area contributed by atoms with E-state index in [2.05, 4.69) is 39.6 Å². The maximum Gasteiger partial charge on any atom is 0.408 e. The van der Waals surface area contributed by atoms with Crippen molar-refractivity contribution in [3.05, 3.63) is 54.1 Å². The Morgan fingerprint density at radius 3 is 2.59 bits per heavy atom. The number of alkyl carbamates (subject to hydrolysis) is 1. The van der Waals surface area contributed by atoms with Crippen molar-refractivity contribution >= 4 is 33.9 Å². The van der Waals surface area contributed by atoms with Crippen molar-refractivity contribution in [2.24, 2.45) is 7.05 Å². The molecule has 0 bridgehead atoms. The van der Waals surface area contributed by atoms with Gasteiger partial charge in [0.1, 0.15) is 5.60 Å². The lowest BCUT2D eigenvalue weighted by Gasteiger charge is -2.38. The Labute approximate surface area is 228 Å². The standard InChI is InChI=1S/C30H37N5O4/c1-7-35-23-11-9-8-10-19(23)17-25(35)27-31-21-16-20(12-13-24(21)33(27)5)28(36)34-15-14-26(38-6)22(18-34)32-29(37)39-30(2,3)4/h8-13,16-17,22,26H,7,14-15,18H2,1-6H3,(H,32,37)/t22-,26+/m1/s1. The summed E-state index contributed by atoms with van der Waals surface area (Å²) >= 11 is 0. The lowest BCUT2D eigenvalue weighted by Crippen LogP contribution is -2.57. The molecule has 0 aliphatic carbocycles. The van der Waals surface area contributed by atoms with E-state index in [1.165, 1.54) is 10.9 Å². The van der Waals surface area contributed by atoms with Gasteiger partial charge >= 0.3 is 6.09 Å². The fourth-order valence-electron chi connectivity index (χ4n) is 5.48. The van der Waals surface area contributed by atoms with Crippen LogP contribution in [0, 0.1) is 0 Å². The molecule has 0 spiro atoms. The molecule has 1 aliphatic heterocycles. The number of methoxy groups -OCH3 is 1. The van der Waals surface area contributed by atoms with Crippen LogP contribution >= 0.6 is 0 Å². The molecular formula is C30H37N5O4. The molecular weight excluding hydrogens is 494 g/mol. The zero-order valence-electron chi connectivity index (χ0n) is 23.5. The van der Waals surface area contributed by atoms with Crippen LogP contribution in [0.5, 0.6) is 0 Å². The summed E-state index contributed by atoms with van der Waals surface area (Å²) in [5.74, 6) is 0.757. The quantitative estimate of drug-likeness (QED) is 0.393. The highest BCUT2D eigenvalue weighted by Crippen LogP contribution is 2.30. The number of fused-ring (bicyclic) bond motifs is 2. The van der Waals surface area contributed by atoms with Gasteiger partial charge in [-0.15, -0.1) is 0 Å². The molecule has 1 aliphatic rings. The molecule has 2 aromatic carbocycles. The molecule has 1 fully saturated rings. The van der Waals surface area contributed by atoms with Crippen LogP contribution in [0.4, 0.5) is 4.79 Å². The number of rotatable bonds is 5. The van der Waals surface area contributed by atoms with Crippen molar-refractivity contribution < 1.29 is 19.1 Å². The maximum atomic E-state index is 13.6. The number of amides is 2. The van der Waals surface area contributed by atoms with Crippen LogP contribution in [-0.2, 0) is 23.1 Å². The van der Waals surface area contributed by atoms with E-state index in [1.54, 1.807) is 12.0 Å². The summed E-state index contributed by atoms with van der Waals surface area (Å²) in [5, 5.41) is 4.07. The molecule has 0 radical (unpaired) electrons. The van der Waals surface area contributed by atoms with Crippen molar-refractivity contribution in [2.75, 3.05) is 20.2 Å². The fraction of sp³-hybridized carbons (Fsp3) is 0.433. The van der Waals surface area contributed by atoms with Crippen LogP contribution in [0.1, 0.15) is 44.5 Å². The monoisotopic (exact) mass is 531 g/mol. The molecule has 0 unspecified atom stereocenters. The van der Waals surface area contributed by atoms with Crippen LogP contribution in [0.25, 0.3) is 33.5 Å². The minimum Gasteiger partial charge on any atom is -0.444 e. The smallest absolute Gasteiger partial charge is 0.408 e. The van der Waals surface area contributed by atoms with Gasteiger partial charge in [0.25, 0.3) is 5.91 Å². The summed E-state index contributed by atoms with van der Waals surface area (Å²) < 4.78 is 15.4. The number of benzene rings is 2. The lowest BCUT2D eigenvalue weighted by atomic mass is 10.0. The number of aromatic nitrogens is 3. The summed E-state index contributed by atoms with van der Waals surface area (Å²) in [5.41, 5.74) is 3.89. The summed E-state index contributed by atoms with van der Waals surface area (Å²) in [6.07, 6.45) is -0.108. The molecule has 1 N–H and O–H groups in total. The molecule has 0 saturated carbocycles. The normalized spacial score (nSPS) is 18.1. The van der Waals surface area contributed by atoms with Gasteiger partial charge in [0.15, 0.2) is 5.82 Å². The van der Waals surface area contributed by atoms with Gasteiger partial charge in [-0.1, -0.05) is 18.2 Å². The Kier molecular flexibility index (Phi) is 7.11. The zero-order chi connectivity index (χ0) is 27.9. The number of hydrogen-bond donors (Lipinski definition) is 1. The summed E-state index contributed by atoms with van der Waals surface area (Å²) in [6.45, 7) is 9.28. The van der Waals surface area contributed by atoms with Gasteiger partial charge in [0.05, 0.1) is 28.9 Å². The Balaban J connectivity index is 1.40. The number of ether oxygens (including phenoxy) is 2. The number of aryl methyl sites for hydroxylation is 2. The Hall–Kier alpha value is -3.85. The molecule has 4 aromatic rings. The summed E-state index contributed by atoms with van der Waals surface area (Å²) in [4.78, 5) is 32.7. The number of likely N-dealkylation sites (tertiary alicyclic amines) is 1. The molecule has 2 amide bonds. The van der Waals surface area contributed by atoms with Gasteiger partial charge in [0, 0.05) is 50.3 Å². The van der Waals surface area contributed by atoms with Crippen molar-refractivity contribution in [1.29, 1.82) is 0 Å². The van der Waals surface area contributed by atoms with Crippen LogP contribution in [0.15, 0.2) is 48.5 Å². The van der Waals surface area contributed by atoms with Crippen LogP contribution < -0.4 is 5.32 Å². The molecule has 1 saturated heterocycles. The van der Waals surface area contributed by atoms with Crippen molar-refractivity contribution in [2.45, 2.75) is 58.4 Å². The van der Waals surface area contributed by atoms with Gasteiger partial charge < -0.3 is 28.8 Å². The molecule has 9 heteroatoms. The third-order valence-electron chi connectivity index (χ3n) is 7.33. The van der Waals surface area contributed by atoms with E-state index < -0.39 is 11.7 Å². The Morgan fingerprint density at radius 1 is 1.10 bits per heavy atom. The molecule has 39 heavy (non-hydrogen) atoms. The molecule has 206 valence electrons. The van der Waals surface area contributed by atoms with E-state index in [1.807, 2.05) is 58.2 Å². The Bertz CT molecular complexity index is 1530. The van der Waals surface area contributed by atoms with Crippen molar-refractivity contribution in [3.63, 3.8) is 0 Å². The van der Waals surface area contributed by atoms with Crippen LogP contribution in [-0.4, -0.2) is 69.0 Å². The number of nitrogens with zero attached hydrogens (tertiary/aromatic N) is 4. The van der Waals surface area contributed by atoms with Gasteiger partial charge in [-0.25, -0.2) is 9.78 Å². The number of piperidine rings is 1. The average molecular weight is 532 g/mol. The summed E-state index contributed by atoms with van der Waals surface area (Å²) in [7, 11) is 3.63. The van der Waals surface area contributed by atoms with Gasteiger partial charge in [-0.3, -0.25) is 4.79 Å². The first-order valence-corrected chi connectivity index (χ1v) is 13.5. The third kappa shape index (κ3) is 5.23. The van der Waals surface area contributed by atoms with E-state index in [0.717, 1.165) is 29.1 Å². The van der Waals surface area contributed by atoms with E-state index in [-0.39, 0.29) is 18.1 Å². The Morgan fingerprint density at radius 2 is 1.87 bits per heavy atom. The molecule has 2 atom stereocenters. The maximum absolute atomic E-state index is 13.6. The topological polar surface area (TPSA) is 90.6 Å². The second-order valence-electron chi connectivity index (χ2n) is 11.1. The molecule has 3 heterocycles. The molecule has 5 rings (SSSR count). The minimum absolute atomic E-state index is 0.0997. The fourth-order valence-corrected chi connectivity index (χ4v) is 5.48. The van der Waals surface area contributed by atoms with Crippen LogP contribution in [0.3, 0.4) is 0 Å². The number of hydrogen-bond acceptors (Lipinski definition) is 5. The molecule has 9 nitrogen and oxygen atoms in total. The van der Waals surface area contributed by atoms with E-state index >= 15 is 0 Å². The van der Waals surface area contributed by atoms with Gasteiger partial charge in [-0.2, -0.15) is 0 Å². The lowest BCUT2D eigenvalue weighted by molar-refractivity contribution is 0.00320. The highest BCUT2D eigenvalue weighted by Gasteiger charge is 2.34. The minimum atomic E-state index is -0.612.